The highest BCUT2D eigenvalue weighted by atomic mass is 79.9. The number of benzene rings is 1. The largest absolute Gasteiger partial charge is 0.497 e. The van der Waals surface area contributed by atoms with Gasteiger partial charge >= 0.3 is 0 Å². The first-order chi connectivity index (χ1) is 7.61. The summed E-state index contributed by atoms with van der Waals surface area (Å²) in [7, 11) is 1.50. The predicted molar refractivity (Wildman–Crippen MR) is 60.6 cm³/mol. The molecule has 0 aliphatic carbocycles. The molecular formula is C10H8BrFN2O2. The highest BCUT2D eigenvalue weighted by Crippen LogP contribution is 2.32. The Hall–Kier alpha value is -1.56. The number of methoxy groups -OCH3 is 1. The molecule has 1 heterocycles. The molecule has 4 nitrogen and oxygen atoms in total. The Labute approximate surface area is 99.3 Å². The first-order valence-corrected chi connectivity index (χ1v) is 5.16. The number of ether oxygens (including phenoxy) is 1. The summed E-state index contributed by atoms with van der Waals surface area (Å²) in [6.07, 6.45) is 0. The molecule has 0 spiro atoms. The molecule has 0 fully saturated rings. The number of anilines is 1. The number of aromatic nitrogens is 1. The van der Waals surface area contributed by atoms with E-state index in [-0.39, 0.29) is 11.4 Å². The highest BCUT2D eigenvalue weighted by molar-refractivity contribution is 9.10. The van der Waals surface area contributed by atoms with E-state index >= 15 is 0 Å². The monoisotopic (exact) mass is 286 g/mol. The van der Waals surface area contributed by atoms with E-state index in [0.717, 1.165) is 0 Å². The zero-order valence-electron chi connectivity index (χ0n) is 8.33. The van der Waals surface area contributed by atoms with Crippen molar-refractivity contribution in [1.82, 2.24) is 5.16 Å². The van der Waals surface area contributed by atoms with Crippen LogP contribution in [0.15, 0.2) is 27.2 Å². The van der Waals surface area contributed by atoms with Gasteiger partial charge in [-0.1, -0.05) is 5.16 Å². The minimum absolute atomic E-state index is 0.133. The van der Waals surface area contributed by atoms with Crippen molar-refractivity contribution in [2.45, 2.75) is 0 Å². The summed E-state index contributed by atoms with van der Waals surface area (Å²) in [4.78, 5) is 0. The van der Waals surface area contributed by atoms with Gasteiger partial charge < -0.3 is 15.0 Å². The summed E-state index contributed by atoms with van der Waals surface area (Å²) in [5, 5.41) is 3.65. The minimum atomic E-state index is -0.436. The number of rotatable bonds is 2. The van der Waals surface area contributed by atoms with Crippen LogP contribution in [0.1, 0.15) is 0 Å². The van der Waals surface area contributed by atoms with Crippen LogP contribution in [0, 0.1) is 5.82 Å². The van der Waals surface area contributed by atoms with Crippen LogP contribution in [0.5, 0.6) is 5.75 Å². The van der Waals surface area contributed by atoms with E-state index < -0.39 is 5.82 Å². The molecule has 2 aromatic rings. The molecule has 2 rings (SSSR count). The minimum Gasteiger partial charge on any atom is -0.497 e. The molecule has 1 aromatic carbocycles. The van der Waals surface area contributed by atoms with Crippen molar-refractivity contribution < 1.29 is 13.7 Å². The molecule has 0 atom stereocenters. The zero-order valence-corrected chi connectivity index (χ0v) is 9.92. The zero-order chi connectivity index (χ0) is 11.7. The third-order valence-electron chi connectivity index (χ3n) is 2.04. The van der Waals surface area contributed by atoms with Gasteiger partial charge in [0.2, 0.25) is 5.88 Å². The summed E-state index contributed by atoms with van der Waals surface area (Å²) in [6.45, 7) is 0. The van der Waals surface area contributed by atoms with Crippen molar-refractivity contribution >= 4 is 21.8 Å². The van der Waals surface area contributed by atoms with E-state index in [2.05, 4.69) is 21.1 Å². The molecule has 0 saturated heterocycles. The quantitative estimate of drug-likeness (QED) is 0.922. The topological polar surface area (TPSA) is 61.3 Å². The standard InChI is InChI=1S/C10H8BrFN2O2/c1-15-5-2-6(10(12)7(11)3-5)8-4-9(13)16-14-8/h2-4H,13H2,1H3. The van der Waals surface area contributed by atoms with Crippen molar-refractivity contribution in [3.8, 4) is 17.0 Å². The van der Waals surface area contributed by atoms with Gasteiger partial charge in [0.1, 0.15) is 17.3 Å². The molecule has 1 aromatic heterocycles. The molecular weight excluding hydrogens is 279 g/mol. The van der Waals surface area contributed by atoms with E-state index in [4.69, 9.17) is 15.0 Å². The fraction of sp³-hybridized carbons (Fsp3) is 0.100. The van der Waals surface area contributed by atoms with Gasteiger partial charge in [-0.3, -0.25) is 0 Å². The van der Waals surface area contributed by atoms with Gasteiger partial charge in [0.25, 0.3) is 0 Å². The van der Waals surface area contributed by atoms with Gasteiger partial charge in [0, 0.05) is 11.6 Å². The van der Waals surface area contributed by atoms with Crippen LogP contribution < -0.4 is 10.5 Å². The van der Waals surface area contributed by atoms with E-state index in [1.165, 1.54) is 25.3 Å². The number of hydrogen-bond donors (Lipinski definition) is 1. The third kappa shape index (κ3) is 1.88. The van der Waals surface area contributed by atoms with Gasteiger partial charge in [-0.05, 0) is 28.1 Å². The smallest absolute Gasteiger partial charge is 0.222 e. The summed E-state index contributed by atoms with van der Waals surface area (Å²) >= 11 is 3.10. The molecule has 0 aliphatic heterocycles. The lowest BCUT2D eigenvalue weighted by atomic mass is 10.1. The van der Waals surface area contributed by atoms with Crippen molar-refractivity contribution in [3.05, 3.63) is 28.5 Å². The van der Waals surface area contributed by atoms with Crippen LogP contribution in [0.25, 0.3) is 11.3 Å². The van der Waals surface area contributed by atoms with E-state index in [9.17, 15) is 4.39 Å². The average molecular weight is 287 g/mol. The number of nitrogens with zero attached hydrogens (tertiary/aromatic N) is 1. The van der Waals surface area contributed by atoms with Gasteiger partial charge in [0.05, 0.1) is 11.6 Å². The Balaban J connectivity index is 2.59. The summed E-state index contributed by atoms with van der Waals surface area (Å²) in [5.74, 6) is 0.215. The number of hydrogen-bond acceptors (Lipinski definition) is 4. The first-order valence-electron chi connectivity index (χ1n) is 4.37. The van der Waals surface area contributed by atoms with Crippen molar-refractivity contribution in [1.29, 1.82) is 0 Å². The molecule has 16 heavy (non-hydrogen) atoms. The summed E-state index contributed by atoms with van der Waals surface area (Å²) in [5.41, 5.74) is 5.98. The van der Waals surface area contributed by atoms with Crippen LogP contribution >= 0.6 is 15.9 Å². The fourth-order valence-corrected chi connectivity index (χ4v) is 1.72. The van der Waals surface area contributed by atoms with Crippen molar-refractivity contribution in [2.75, 3.05) is 12.8 Å². The average Bonchev–Trinajstić information content (AvgIpc) is 2.68. The molecule has 84 valence electrons. The van der Waals surface area contributed by atoms with Gasteiger partial charge in [-0.25, -0.2) is 4.39 Å². The molecule has 0 saturated carbocycles. The number of nitrogens with two attached hydrogens (primary N) is 1. The molecule has 0 unspecified atom stereocenters. The van der Waals surface area contributed by atoms with Crippen LogP contribution in [0.3, 0.4) is 0 Å². The van der Waals surface area contributed by atoms with E-state index in [1.807, 2.05) is 0 Å². The molecule has 0 radical (unpaired) electrons. The predicted octanol–water partition coefficient (Wildman–Crippen LogP) is 2.83. The van der Waals surface area contributed by atoms with E-state index in [0.29, 0.717) is 15.9 Å². The first kappa shape index (κ1) is 10.9. The molecule has 0 aliphatic rings. The third-order valence-corrected chi connectivity index (χ3v) is 2.62. The molecule has 6 heteroatoms. The Bertz CT molecular complexity index is 528. The number of halogens is 2. The Morgan fingerprint density at radius 1 is 1.44 bits per heavy atom. The molecule has 2 N–H and O–H groups in total. The lowest BCUT2D eigenvalue weighted by Gasteiger charge is -2.05. The van der Waals surface area contributed by atoms with Crippen LogP contribution in [-0.4, -0.2) is 12.3 Å². The highest BCUT2D eigenvalue weighted by Gasteiger charge is 2.14. The maximum atomic E-state index is 13.8. The van der Waals surface area contributed by atoms with Gasteiger partial charge in [-0.15, -0.1) is 0 Å². The summed E-state index contributed by atoms with van der Waals surface area (Å²) < 4.78 is 23.8. The maximum Gasteiger partial charge on any atom is 0.222 e. The normalized spacial score (nSPS) is 10.4. The second-order valence-corrected chi connectivity index (χ2v) is 3.94. The van der Waals surface area contributed by atoms with Gasteiger partial charge in [0.15, 0.2) is 0 Å². The second kappa shape index (κ2) is 4.13. The summed E-state index contributed by atoms with van der Waals surface area (Å²) in [6, 6.07) is 4.50. The van der Waals surface area contributed by atoms with Crippen LogP contribution in [-0.2, 0) is 0 Å². The lowest BCUT2D eigenvalue weighted by Crippen LogP contribution is -1.90. The van der Waals surface area contributed by atoms with E-state index in [1.54, 1.807) is 0 Å². The lowest BCUT2D eigenvalue weighted by molar-refractivity contribution is 0.413. The number of nitrogen functional groups attached to an aromatic ring is 1. The van der Waals surface area contributed by atoms with Crippen LogP contribution in [0.2, 0.25) is 0 Å². The van der Waals surface area contributed by atoms with Gasteiger partial charge in [-0.2, -0.15) is 0 Å². The Morgan fingerprint density at radius 2 is 2.19 bits per heavy atom. The Morgan fingerprint density at radius 3 is 2.75 bits per heavy atom. The molecule has 0 bridgehead atoms. The fourth-order valence-electron chi connectivity index (χ4n) is 1.28. The van der Waals surface area contributed by atoms with Crippen molar-refractivity contribution in [3.63, 3.8) is 0 Å². The maximum absolute atomic E-state index is 13.8. The Kier molecular flexibility index (Phi) is 2.82. The SMILES string of the molecule is COc1cc(Br)c(F)c(-c2cc(N)on2)c1. The second-order valence-electron chi connectivity index (χ2n) is 3.09. The van der Waals surface area contributed by atoms with Crippen molar-refractivity contribution in [2.24, 2.45) is 0 Å². The van der Waals surface area contributed by atoms with Crippen LogP contribution in [0.4, 0.5) is 10.3 Å². The molecule has 0 amide bonds.